The Morgan fingerprint density at radius 2 is 2.00 bits per heavy atom. The van der Waals surface area contributed by atoms with Crippen molar-refractivity contribution in [2.75, 3.05) is 25.5 Å². The SMILES string of the molecule is CNCC(C(=O)N(C)c1ccncc1)C(C)C. The Morgan fingerprint density at radius 3 is 2.47 bits per heavy atom. The molecule has 0 spiro atoms. The first-order valence-corrected chi connectivity index (χ1v) is 5.90. The van der Waals surface area contributed by atoms with Gasteiger partial charge >= 0.3 is 0 Å². The Morgan fingerprint density at radius 1 is 1.41 bits per heavy atom. The molecule has 1 heterocycles. The van der Waals surface area contributed by atoms with Gasteiger partial charge in [0.1, 0.15) is 0 Å². The summed E-state index contributed by atoms with van der Waals surface area (Å²) in [7, 11) is 3.68. The zero-order valence-electron chi connectivity index (χ0n) is 11.0. The van der Waals surface area contributed by atoms with Crippen LogP contribution in [0.4, 0.5) is 5.69 Å². The number of nitrogens with one attached hydrogen (secondary N) is 1. The van der Waals surface area contributed by atoms with Gasteiger partial charge in [-0.25, -0.2) is 0 Å². The van der Waals surface area contributed by atoms with Gasteiger partial charge in [0.25, 0.3) is 0 Å². The molecule has 0 saturated carbocycles. The van der Waals surface area contributed by atoms with E-state index in [-0.39, 0.29) is 11.8 Å². The van der Waals surface area contributed by atoms with E-state index in [0.29, 0.717) is 12.5 Å². The smallest absolute Gasteiger partial charge is 0.231 e. The van der Waals surface area contributed by atoms with Crippen LogP contribution in [0.2, 0.25) is 0 Å². The van der Waals surface area contributed by atoms with E-state index >= 15 is 0 Å². The molecule has 0 bridgehead atoms. The predicted molar refractivity (Wildman–Crippen MR) is 69.9 cm³/mol. The highest BCUT2D eigenvalue weighted by atomic mass is 16.2. The molecule has 1 aromatic rings. The van der Waals surface area contributed by atoms with Crippen LogP contribution in [0.1, 0.15) is 13.8 Å². The van der Waals surface area contributed by atoms with Crippen LogP contribution in [0, 0.1) is 11.8 Å². The lowest BCUT2D eigenvalue weighted by atomic mass is 9.94. The third-order valence-corrected chi connectivity index (χ3v) is 2.93. The Hall–Kier alpha value is -1.42. The number of carbonyl (C=O) groups is 1. The molecule has 0 aliphatic carbocycles. The summed E-state index contributed by atoms with van der Waals surface area (Å²) in [5, 5.41) is 3.08. The van der Waals surface area contributed by atoms with E-state index in [9.17, 15) is 4.79 Å². The summed E-state index contributed by atoms with van der Waals surface area (Å²) >= 11 is 0. The molecule has 1 N–H and O–H groups in total. The van der Waals surface area contributed by atoms with Gasteiger partial charge in [-0.15, -0.1) is 0 Å². The minimum Gasteiger partial charge on any atom is -0.319 e. The molecule has 1 rings (SSSR count). The van der Waals surface area contributed by atoms with Crippen molar-refractivity contribution < 1.29 is 4.79 Å². The average molecular weight is 235 g/mol. The van der Waals surface area contributed by atoms with Crippen LogP contribution < -0.4 is 10.2 Å². The monoisotopic (exact) mass is 235 g/mol. The molecule has 4 nitrogen and oxygen atoms in total. The maximum atomic E-state index is 12.3. The zero-order chi connectivity index (χ0) is 12.8. The Balaban J connectivity index is 2.80. The molecule has 1 aromatic heterocycles. The summed E-state index contributed by atoms with van der Waals surface area (Å²) in [4.78, 5) is 18.0. The molecule has 4 heteroatoms. The lowest BCUT2D eigenvalue weighted by Crippen LogP contribution is -2.40. The minimum absolute atomic E-state index is 0.00170. The third kappa shape index (κ3) is 3.53. The van der Waals surface area contributed by atoms with Crippen LogP contribution >= 0.6 is 0 Å². The molecule has 0 aliphatic heterocycles. The first kappa shape index (κ1) is 13.6. The standard InChI is InChI=1S/C13H21N3O/c1-10(2)12(9-14-3)13(17)16(4)11-5-7-15-8-6-11/h5-8,10,12,14H,9H2,1-4H3. The minimum atomic E-state index is -0.00170. The number of pyridine rings is 1. The lowest BCUT2D eigenvalue weighted by molar-refractivity contribution is -0.123. The van der Waals surface area contributed by atoms with Crippen molar-refractivity contribution in [1.29, 1.82) is 0 Å². The van der Waals surface area contributed by atoms with Gasteiger partial charge in [0, 0.05) is 31.7 Å². The molecular formula is C13H21N3O. The summed E-state index contributed by atoms with van der Waals surface area (Å²) in [5.74, 6) is 0.456. The summed E-state index contributed by atoms with van der Waals surface area (Å²) in [5.41, 5.74) is 0.881. The maximum absolute atomic E-state index is 12.3. The van der Waals surface area contributed by atoms with Crippen LogP contribution in [-0.4, -0.2) is 31.5 Å². The number of carbonyl (C=O) groups excluding carboxylic acids is 1. The fourth-order valence-corrected chi connectivity index (χ4v) is 1.77. The van der Waals surface area contributed by atoms with E-state index in [0.717, 1.165) is 5.69 Å². The summed E-state index contributed by atoms with van der Waals surface area (Å²) in [6.07, 6.45) is 3.39. The molecule has 0 aliphatic rings. The van der Waals surface area contributed by atoms with Gasteiger partial charge in [-0.05, 0) is 25.1 Å². The quantitative estimate of drug-likeness (QED) is 0.842. The van der Waals surface area contributed by atoms with Crippen molar-refractivity contribution in [3.8, 4) is 0 Å². The van der Waals surface area contributed by atoms with Gasteiger partial charge in [-0.1, -0.05) is 13.8 Å². The highest BCUT2D eigenvalue weighted by Gasteiger charge is 2.25. The molecule has 1 atom stereocenters. The Labute approximate surface area is 103 Å². The van der Waals surface area contributed by atoms with Crippen molar-refractivity contribution >= 4 is 11.6 Å². The Bertz CT molecular complexity index is 351. The fourth-order valence-electron chi connectivity index (χ4n) is 1.77. The van der Waals surface area contributed by atoms with E-state index in [1.807, 2.05) is 26.2 Å². The zero-order valence-corrected chi connectivity index (χ0v) is 11.0. The average Bonchev–Trinajstić information content (AvgIpc) is 2.35. The maximum Gasteiger partial charge on any atom is 0.231 e. The van der Waals surface area contributed by atoms with E-state index in [1.54, 1.807) is 17.3 Å². The molecule has 0 saturated heterocycles. The number of hydrogen-bond acceptors (Lipinski definition) is 3. The van der Waals surface area contributed by atoms with Gasteiger partial charge in [0.2, 0.25) is 5.91 Å². The van der Waals surface area contributed by atoms with Crippen LogP contribution in [-0.2, 0) is 4.79 Å². The largest absolute Gasteiger partial charge is 0.319 e. The number of aromatic nitrogens is 1. The normalized spacial score (nSPS) is 12.5. The number of nitrogens with zero attached hydrogens (tertiary/aromatic N) is 2. The van der Waals surface area contributed by atoms with Crippen LogP contribution in [0.15, 0.2) is 24.5 Å². The third-order valence-electron chi connectivity index (χ3n) is 2.93. The number of anilines is 1. The number of amides is 1. The van der Waals surface area contributed by atoms with Crippen LogP contribution in [0.3, 0.4) is 0 Å². The van der Waals surface area contributed by atoms with Gasteiger partial charge in [0.15, 0.2) is 0 Å². The first-order chi connectivity index (χ1) is 8.07. The van der Waals surface area contributed by atoms with E-state index in [1.165, 1.54) is 0 Å². The van der Waals surface area contributed by atoms with Gasteiger partial charge in [-0.3, -0.25) is 9.78 Å². The second-order valence-corrected chi connectivity index (χ2v) is 4.51. The van der Waals surface area contributed by atoms with Crippen molar-refractivity contribution in [1.82, 2.24) is 10.3 Å². The lowest BCUT2D eigenvalue weighted by Gasteiger charge is -2.26. The van der Waals surface area contributed by atoms with E-state index in [4.69, 9.17) is 0 Å². The van der Waals surface area contributed by atoms with E-state index < -0.39 is 0 Å². The van der Waals surface area contributed by atoms with Crippen molar-refractivity contribution in [2.24, 2.45) is 11.8 Å². The summed E-state index contributed by atoms with van der Waals surface area (Å²) in [6, 6.07) is 3.68. The molecule has 94 valence electrons. The molecule has 0 fully saturated rings. The van der Waals surface area contributed by atoms with Gasteiger partial charge in [0.05, 0.1) is 5.92 Å². The van der Waals surface area contributed by atoms with Crippen LogP contribution in [0.25, 0.3) is 0 Å². The first-order valence-electron chi connectivity index (χ1n) is 5.90. The van der Waals surface area contributed by atoms with Crippen LogP contribution in [0.5, 0.6) is 0 Å². The van der Waals surface area contributed by atoms with E-state index in [2.05, 4.69) is 24.1 Å². The summed E-state index contributed by atoms with van der Waals surface area (Å²) in [6.45, 7) is 4.84. The second kappa shape index (κ2) is 6.35. The summed E-state index contributed by atoms with van der Waals surface area (Å²) < 4.78 is 0. The van der Waals surface area contributed by atoms with Gasteiger partial charge in [-0.2, -0.15) is 0 Å². The molecule has 1 amide bonds. The molecule has 1 unspecified atom stereocenters. The highest BCUT2D eigenvalue weighted by molar-refractivity contribution is 5.94. The molecule has 0 aromatic carbocycles. The molecule has 0 radical (unpaired) electrons. The molecule has 17 heavy (non-hydrogen) atoms. The Kier molecular flexibility index (Phi) is 5.10. The number of hydrogen-bond donors (Lipinski definition) is 1. The van der Waals surface area contributed by atoms with Crippen molar-refractivity contribution in [3.05, 3.63) is 24.5 Å². The fraction of sp³-hybridized carbons (Fsp3) is 0.538. The van der Waals surface area contributed by atoms with Crippen molar-refractivity contribution in [3.63, 3.8) is 0 Å². The highest BCUT2D eigenvalue weighted by Crippen LogP contribution is 2.18. The van der Waals surface area contributed by atoms with Gasteiger partial charge < -0.3 is 10.2 Å². The second-order valence-electron chi connectivity index (χ2n) is 4.51. The van der Waals surface area contributed by atoms with Crippen molar-refractivity contribution in [2.45, 2.75) is 13.8 Å². The number of rotatable bonds is 5. The molecular weight excluding hydrogens is 214 g/mol. The topological polar surface area (TPSA) is 45.2 Å². The predicted octanol–water partition coefficient (Wildman–Crippen LogP) is 1.54.